The molecule has 0 aliphatic heterocycles. The third-order valence-corrected chi connectivity index (χ3v) is 9.48. The van der Waals surface area contributed by atoms with Crippen molar-refractivity contribution < 1.29 is 28.9 Å². The Labute approximate surface area is 353 Å². The quantitative estimate of drug-likeness (QED) is 0.105. The molecule has 60 heavy (non-hydrogen) atoms. The Morgan fingerprint density at radius 1 is 0.517 bits per heavy atom. The molecule has 0 bridgehead atoms. The maximum absolute atomic E-state index is 13.4. The van der Waals surface area contributed by atoms with E-state index in [0.29, 0.717) is 53.9 Å². The van der Waals surface area contributed by atoms with Gasteiger partial charge in [-0.15, -0.1) is 0 Å². The molecule has 4 N–H and O–H groups in total. The van der Waals surface area contributed by atoms with E-state index in [2.05, 4.69) is 5.32 Å². The molecule has 0 unspecified atom stereocenters. The number of ether oxygens (including phenoxy) is 3. The molecule has 0 radical (unpaired) electrons. The highest BCUT2D eigenvalue weighted by molar-refractivity contribution is 6.05. The van der Waals surface area contributed by atoms with Gasteiger partial charge in [-0.2, -0.15) is 0 Å². The average molecular weight is 801 g/mol. The van der Waals surface area contributed by atoms with Crippen LogP contribution in [-0.2, 0) is 19.8 Å². The number of carboxylic acids is 1. The number of rotatable bonds is 12. The van der Waals surface area contributed by atoms with Crippen molar-refractivity contribution in [2.45, 2.75) is 54.4 Å². The second-order valence-electron chi connectivity index (χ2n) is 14.4. The number of amides is 1. The number of nitrogens with one attached hydrogen (secondary N) is 1. The number of aryl methyl sites for hydroxylation is 4. The fraction of sp³-hybridized carbons (Fsp3) is 0.154. The number of benzene rings is 7. The summed E-state index contributed by atoms with van der Waals surface area (Å²) in [6.07, 6.45) is 0. The van der Waals surface area contributed by atoms with Crippen LogP contribution < -0.4 is 25.3 Å². The molecule has 8 heteroatoms. The fourth-order valence-corrected chi connectivity index (χ4v) is 6.02. The molecular weight excluding hydrogens is 749 g/mol. The zero-order chi connectivity index (χ0) is 42.9. The minimum atomic E-state index is -0.860. The number of anilines is 2. The fourth-order valence-electron chi connectivity index (χ4n) is 6.02. The average Bonchev–Trinajstić information content (AvgIpc) is 3.24. The number of carboxylic acid groups (broad SMARTS) is 1. The van der Waals surface area contributed by atoms with Crippen LogP contribution in [0.15, 0.2) is 164 Å². The van der Waals surface area contributed by atoms with Gasteiger partial charge in [0.05, 0.1) is 5.56 Å². The van der Waals surface area contributed by atoms with E-state index < -0.39 is 5.97 Å². The normalized spacial score (nSPS) is 10.2. The van der Waals surface area contributed by atoms with Gasteiger partial charge in [0.1, 0.15) is 19.8 Å². The highest BCUT2D eigenvalue weighted by atomic mass is 16.5. The van der Waals surface area contributed by atoms with Crippen molar-refractivity contribution in [2.24, 2.45) is 0 Å². The molecule has 0 fully saturated rings. The predicted molar refractivity (Wildman–Crippen MR) is 241 cm³/mol. The van der Waals surface area contributed by atoms with Crippen molar-refractivity contribution in [1.82, 2.24) is 0 Å². The molecule has 0 heterocycles. The molecule has 0 aromatic heterocycles. The second-order valence-corrected chi connectivity index (χ2v) is 14.4. The molecular formula is C52H52N2O6. The molecule has 0 aliphatic carbocycles. The number of nitrogen functional groups attached to an aromatic ring is 1. The molecule has 0 saturated carbocycles. The van der Waals surface area contributed by atoms with E-state index in [4.69, 9.17) is 25.1 Å². The van der Waals surface area contributed by atoms with Gasteiger partial charge in [0.25, 0.3) is 5.91 Å². The van der Waals surface area contributed by atoms with Gasteiger partial charge in [0, 0.05) is 16.9 Å². The third-order valence-electron chi connectivity index (χ3n) is 9.48. The summed E-state index contributed by atoms with van der Waals surface area (Å²) in [5.74, 6) is 0.179. The number of hydrogen-bond donors (Lipinski definition) is 3. The monoisotopic (exact) mass is 800 g/mol. The van der Waals surface area contributed by atoms with E-state index in [1.165, 1.54) is 11.1 Å². The predicted octanol–water partition coefficient (Wildman–Crippen LogP) is 11.9. The van der Waals surface area contributed by atoms with Crippen molar-refractivity contribution >= 4 is 23.3 Å². The van der Waals surface area contributed by atoms with Crippen LogP contribution >= 0.6 is 0 Å². The third kappa shape index (κ3) is 13.7. The first-order chi connectivity index (χ1) is 28.9. The Kier molecular flexibility index (Phi) is 16.1. The van der Waals surface area contributed by atoms with Crippen molar-refractivity contribution in [2.75, 3.05) is 11.1 Å². The van der Waals surface area contributed by atoms with E-state index in [1.807, 2.05) is 174 Å². The summed E-state index contributed by atoms with van der Waals surface area (Å²) in [5.41, 5.74) is 16.3. The molecule has 7 rings (SSSR count). The van der Waals surface area contributed by atoms with E-state index in [0.717, 1.165) is 39.1 Å². The van der Waals surface area contributed by atoms with Crippen LogP contribution in [0.3, 0.4) is 0 Å². The first-order valence-corrected chi connectivity index (χ1v) is 19.6. The molecule has 7 aromatic rings. The summed E-state index contributed by atoms with van der Waals surface area (Å²) in [7, 11) is 0. The number of aromatic carboxylic acids is 1. The maximum Gasteiger partial charge on any atom is 0.335 e. The molecule has 1 amide bonds. The van der Waals surface area contributed by atoms with Crippen LogP contribution in [-0.4, -0.2) is 17.0 Å². The van der Waals surface area contributed by atoms with E-state index >= 15 is 0 Å². The minimum Gasteiger partial charge on any atom is -0.485 e. The summed E-state index contributed by atoms with van der Waals surface area (Å²) in [6, 6.07) is 52.0. The van der Waals surface area contributed by atoms with Crippen molar-refractivity contribution in [1.29, 1.82) is 0 Å². The summed E-state index contributed by atoms with van der Waals surface area (Å²) in [6.45, 7) is 10.8. The van der Waals surface area contributed by atoms with E-state index in [9.17, 15) is 9.59 Å². The van der Waals surface area contributed by atoms with Crippen LogP contribution in [0, 0.1) is 34.6 Å². The van der Waals surface area contributed by atoms with Crippen molar-refractivity contribution in [3.8, 4) is 17.2 Å². The first kappa shape index (κ1) is 43.8. The molecule has 7 aromatic carbocycles. The van der Waals surface area contributed by atoms with Gasteiger partial charge in [-0.1, -0.05) is 115 Å². The molecule has 0 aliphatic rings. The van der Waals surface area contributed by atoms with E-state index in [1.54, 1.807) is 24.3 Å². The Morgan fingerprint density at radius 3 is 1.38 bits per heavy atom. The van der Waals surface area contributed by atoms with Crippen LogP contribution in [0.2, 0.25) is 0 Å². The molecule has 306 valence electrons. The van der Waals surface area contributed by atoms with Crippen LogP contribution in [0.25, 0.3) is 0 Å². The molecule has 0 saturated heterocycles. The van der Waals surface area contributed by atoms with Gasteiger partial charge >= 0.3 is 5.97 Å². The molecule has 8 nitrogen and oxygen atoms in total. The largest absolute Gasteiger partial charge is 0.485 e. The SMILES string of the molecule is Cc1cc(C(=O)O)cc(C)c1C.Cc1cccc(N)c1.Cc1cccc(NC(=O)c2cc(OCc3ccccc3)c(OCc3ccccc3)c(OCc3ccccc3)c2)c1. The highest BCUT2D eigenvalue weighted by Gasteiger charge is 2.20. The Bertz CT molecular complexity index is 2360. The van der Waals surface area contributed by atoms with Gasteiger partial charge in [-0.05, 0) is 128 Å². The lowest BCUT2D eigenvalue weighted by molar-refractivity contribution is 0.0696. The number of hydrogen-bond acceptors (Lipinski definition) is 6. The lowest BCUT2D eigenvalue weighted by atomic mass is 10.0. The summed E-state index contributed by atoms with van der Waals surface area (Å²) < 4.78 is 18.9. The number of carbonyl (C=O) groups is 2. The summed E-state index contributed by atoms with van der Waals surface area (Å²) in [4.78, 5) is 24.0. The topological polar surface area (TPSA) is 120 Å². The lowest BCUT2D eigenvalue weighted by Gasteiger charge is -2.19. The van der Waals surface area contributed by atoms with Gasteiger partial charge < -0.3 is 30.4 Å². The van der Waals surface area contributed by atoms with E-state index in [-0.39, 0.29) is 5.91 Å². The van der Waals surface area contributed by atoms with Crippen LogP contribution in [0.5, 0.6) is 17.2 Å². The van der Waals surface area contributed by atoms with Gasteiger partial charge in [-0.25, -0.2) is 4.79 Å². The second kappa shape index (κ2) is 22.0. The van der Waals surface area contributed by atoms with Gasteiger partial charge in [-0.3, -0.25) is 4.79 Å². The Hall–Kier alpha value is -7.32. The summed E-state index contributed by atoms with van der Waals surface area (Å²) in [5, 5.41) is 11.7. The zero-order valence-corrected chi connectivity index (χ0v) is 34.8. The van der Waals surface area contributed by atoms with Crippen LogP contribution in [0.4, 0.5) is 11.4 Å². The van der Waals surface area contributed by atoms with Crippen molar-refractivity contribution in [3.63, 3.8) is 0 Å². The Morgan fingerprint density at radius 2 is 0.967 bits per heavy atom. The molecule has 0 spiro atoms. The maximum atomic E-state index is 13.4. The standard InChI is InChI=1S/C35H31NO4.C10H12O2.C7H9N/c1-26-12-11-19-31(20-26)36-35(37)30-21-32(38-23-27-13-5-2-6-14-27)34(40-25-29-17-9-4-10-18-29)33(22-30)39-24-28-15-7-3-8-16-28;1-6-4-9(10(11)12)5-7(2)8(6)3;1-6-3-2-4-7(8)5-6/h2-22H,23-25H2,1H3,(H,36,37);4-5H,1-3H3,(H,11,12);2-5H,8H2,1H3. The smallest absolute Gasteiger partial charge is 0.335 e. The molecule has 0 atom stereocenters. The Balaban J connectivity index is 0.000000278. The zero-order valence-electron chi connectivity index (χ0n) is 34.8. The number of carbonyl (C=O) groups excluding carboxylic acids is 1. The van der Waals surface area contributed by atoms with Crippen LogP contribution in [0.1, 0.15) is 65.2 Å². The first-order valence-electron chi connectivity index (χ1n) is 19.6. The van der Waals surface area contributed by atoms with Crippen molar-refractivity contribution in [3.05, 3.63) is 219 Å². The minimum absolute atomic E-state index is 0.269. The lowest BCUT2D eigenvalue weighted by Crippen LogP contribution is -2.13. The highest BCUT2D eigenvalue weighted by Crippen LogP contribution is 2.41. The van der Waals surface area contributed by atoms with Gasteiger partial charge in [0.15, 0.2) is 11.5 Å². The van der Waals surface area contributed by atoms with Gasteiger partial charge in [0.2, 0.25) is 5.75 Å². The summed E-state index contributed by atoms with van der Waals surface area (Å²) >= 11 is 0. The number of nitrogens with two attached hydrogens (primary N) is 1.